The van der Waals surface area contributed by atoms with E-state index in [4.69, 9.17) is 9.73 Å². The lowest BCUT2D eigenvalue weighted by Gasteiger charge is -2.25. The summed E-state index contributed by atoms with van der Waals surface area (Å²) in [5.41, 5.74) is 1.16. The van der Waals surface area contributed by atoms with E-state index >= 15 is 0 Å². The first-order valence-electron chi connectivity index (χ1n) is 10.5. The van der Waals surface area contributed by atoms with Gasteiger partial charge >= 0.3 is 0 Å². The van der Waals surface area contributed by atoms with Crippen molar-refractivity contribution in [2.24, 2.45) is 12.0 Å². The van der Waals surface area contributed by atoms with Gasteiger partial charge in [0.05, 0.1) is 19.6 Å². The van der Waals surface area contributed by atoms with E-state index in [9.17, 15) is 0 Å². The van der Waals surface area contributed by atoms with E-state index in [1.807, 2.05) is 41.4 Å². The predicted molar refractivity (Wildman–Crippen MR) is 132 cm³/mol. The standard InChI is InChI=1S/C21H29N9O.HI/c1-15-26-27-20(29(15)2)12-23-21(22-11-16-7-5-4-6-8-16)24-17-9-10-19-25-18(14-31-3)28-30(19)13-17;/h4-8,17H,9-14H2,1-3H3,(H2,22,23,24);1H. The maximum absolute atomic E-state index is 5.16. The van der Waals surface area contributed by atoms with Gasteiger partial charge in [-0.1, -0.05) is 30.3 Å². The van der Waals surface area contributed by atoms with Gasteiger partial charge in [0.15, 0.2) is 17.6 Å². The molecule has 0 spiro atoms. The third kappa shape index (κ3) is 6.03. The van der Waals surface area contributed by atoms with Crippen LogP contribution in [0.3, 0.4) is 0 Å². The summed E-state index contributed by atoms with van der Waals surface area (Å²) in [6, 6.07) is 10.4. The van der Waals surface area contributed by atoms with Crippen LogP contribution in [-0.2, 0) is 44.4 Å². The molecule has 1 aliphatic heterocycles. The van der Waals surface area contributed by atoms with E-state index in [2.05, 4.69) is 43.0 Å². The molecule has 1 atom stereocenters. The van der Waals surface area contributed by atoms with Gasteiger partial charge in [-0.15, -0.1) is 34.2 Å². The van der Waals surface area contributed by atoms with E-state index in [1.165, 1.54) is 0 Å². The fourth-order valence-electron chi connectivity index (χ4n) is 3.54. The van der Waals surface area contributed by atoms with E-state index < -0.39 is 0 Å². The summed E-state index contributed by atoms with van der Waals surface area (Å²) in [5.74, 6) is 4.22. The molecule has 0 saturated heterocycles. The Bertz CT molecular complexity index is 1030. The number of ether oxygens (including phenoxy) is 1. The number of hydrogen-bond donors (Lipinski definition) is 2. The second kappa shape index (κ2) is 11.4. The second-order valence-electron chi connectivity index (χ2n) is 7.67. The van der Waals surface area contributed by atoms with Crippen molar-refractivity contribution in [3.8, 4) is 0 Å². The first kappa shape index (κ1) is 24.1. The fraction of sp³-hybridized carbons (Fsp3) is 0.476. The minimum Gasteiger partial charge on any atom is -0.377 e. The topological polar surface area (TPSA) is 107 Å². The van der Waals surface area contributed by atoms with Crippen LogP contribution in [0.15, 0.2) is 35.3 Å². The Kier molecular flexibility index (Phi) is 8.56. The van der Waals surface area contributed by atoms with Crippen molar-refractivity contribution in [2.45, 2.75) is 52.0 Å². The molecule has 2 N–H and O–H groups in total. The minimum absolute atomic E-state index is 0. The number of nitrogens with one attached hydrogen (secondary N) is 2. The molecule has 0 bridgehead atoms. The number of aromatic nitrogens is 6. The zero-order valence-electron chi connectivity index (χ0n) is 18.7. The van der Waals surface area contributed by atoms with Crippen molar-refractivity contribution in [3.05, 3.63) is 59.2 Å². The lowest BCUT2D eigenvalue weighted by atomic mass is 10.1. The van der Waals surface area contributed by atoms with Gasteiger partial charge in [-0.2, -0.15) is 5.10 Å². The zero-order valence-corrected chi connectivity index (χ0v) is 21.0. The third-order valence-electron chi connectivity index (χ3n) is 5.38. The van der Waals surface area contributed by atoms with Crippen LogP contribution < -0.4 is 10.6 Å². The molecule has 10 nitrogen and oxygen atoms in total. The van der Waals surface area contributed by atoms with E-state index in [-0.39, 0.29) is 30.0 Å². The molecule has 0 fully saturated rings. The molecule has 1 unspecified atom stereocenters. The number of aryl methyl sites for hydroxylation is 2. The van der Waals surface area contributed by atoms with Crippen molar-refractivity contribution in [3.63, 3.8) is 0 Å². The summed E-state index contributed by atoms with van der Waals surface area (Å²) in [4.78, 5) is 9.36. The van der Waals surface area contributed by atoms with E-state index in [1.54, 1.807) is 7.11 Å². The van der Waals surface area contributed by atoms with E-state index in [0.29, 0.717) is 19.7 Å². The highest BCUT2D eigenvalue weighted by Gasteiger charge is 2.22. The minimum atomic E-state index is 0. The van der Waals surface area contributed by atoms with E-state index in [0.717, 1.165) is 54.2 Å². The Labute approximate surface area is 204 Å². The van der Waals surface area contributed by atoms with Crippen molar-refractivity contribution in [1.29, 1.82) is 0 Å². The quantitative estimate of drug-likeness (QED) is 0.262. The Morgan fingerprint density at radius 3 is 2.78 bits per heavy atom. The third-order valence-corrected chi connectivity index (χ3v) is 5.38. The Balaban J connectivity index is 0.00000289. The highest BCUT2D eigenvalue weighted by molar-refractivity contribution is 14.0. The maximum atomic E-state index is 5.16. The molecule has 0 radical (unpaired) electrons. The second-order valence-corrected chi connectivity index (χ2v) is 7.67. The summed E-state index contributed by atoms with van der Waals surface area (Å²) in [6.07, 6.45) is 1.82. The van der Waals surface area contributed by atoms with Gasteiger partial charge < -0.3 is 19.9 Å². The highest BCUT2D eigenvalue weighted by Crippen LogP contribution is 2.13. The largest absolute Gasteiger partial charge is 0.377 e. The lowest BCUT2D eigenvalue weighted by molar-refractivity contribution is 0.177. The Hall–Kier alpha value is -2.54. The van der Waals surface area contributed by atoms with Gasteiger partial charge in [0, 0.05) is 26.6 Å². The average molecular weight is 551 g/mol. The van der Waals surface area contributed by atoms with Crippen molar-refractivity contribution >= 4 is 29.9 Å². The molecule has 2 aromatic heterocycles. The first-order valence-corrected chi connectivity index (χ1v) is 10.5. The zero-order chi connectivity index (χ0) is 21.6. The predicted octanol–water partition coefficient (Wildman–Crippen LogP) is 1.73. The van der Waals surface area contributed by atoms with Crippen LogP contribution >= 0.6 is 24.0 Å². The molecule has 172 valence electrons. The van der Waals surface area contributed by atoms with Crippen molar-refractivity contribution in [1.82, 2.24) is 40.2 Å². The van der Waals surface area contributed by atoms with Crippen molar-refractivity contribution in [2.75, 3.05) is 7.11 Å². The molecule has 11 heteroatoms. The van der Waals surface area contributed by atoms with Gasteiger partial charge in [0.1, 0.15) is 18.3 Å². The average Bonchev–Trinajstić information content (AvgIpc) is 3.33. The number of rotatable bonds is 7. The summed E-state index contributed by atoms with van der Waals surface area (Å²) in [7, 11) is 3.62. The SMILES string of the molecule is COCc1nc2n(n1)CC(NC(=NCc1ccccc1)NCc1nnc(C)n1C)CC2.I. The van der Waals surface area contributed by atoms with Crippen molar-refractivity contribution < 1.29 is 4.74 Å². The molecule has 32 heavy (non-hydrogen) atoms. The molecule has 1 aliphatic rings. The number of guanidine groups is 1. The summed E-state index contributed by atoms with van der Waals surface area (Å²) in [5, 5.41) is 19.9. The van der Waals surface area contributed by atoms with Gasteiger partial charge in [-0.25, -0.2) is 14.7 Å². The molecule has 3 heterocycles. The number of hydrogen-bond acceptors (Lipinski definition) is 6. The van der Waals surface area contributed by atoms with Crippen LogP contribution in [0.1, 0.15) is 35.3 Å². The van der Waals surface area contributed by atoms with Gasteiger partial charge in [0.2, 0.25) is 0 Å². The fourth-order valence-corrected chi connectivity index (χ4v) is 3.54. The smallest absolute Gasteiger partial charge is 0.192 e. The molecule has 4 rings (SSSR count). The van der Waals surface area contributed by atoms with Gasteiger partial charge in [-0.3, -0.25) is 0 Å². The maximum Gasteiger partial charge on any atom is 0.192 e. The molecule has 0 saturated carbocycles. The van der Waals surface area contributed by atoms with Crippen LogP contribution in [0.4, 0.5) is 0 Å². The van der Waals surface area contributed by atoms with Crippen LogP contribution in [0, 0.1) is 6.92 Å². The normalized spacial score (nSPS) is 15.7. The summed E-state index contributed by atoms with van der Waals surface area (Å²) >= 11 is 0. The molecule has 1 aromatic carbocycles. The number of halogens is 1. The number of benzene rings is 1. The van der Waals surface area contributed by atoms with Crippen LogP contribution in [0.25, 0.3) is 0 Å². The molecule has 0 aliphatic carbocycles. The lowest BCUT2D eigenvalue weighted by Crippen LogP contribution is -2.47. The van der Waals surface area contributed by atoms with Crippen LogP contribution in [0.5, 0.6) is 0 Å². The number of fused-ring (bicyclic) bond motifs is 1. The molecular formula is C21H30IN9O. The highest BCUT2D eigenvalue weighted by atomic mass is 127. The summed E-state index contributed by atoms with van der Waals surface area (Å²) < 4.78 is 9.10. The Morgan fingerprint density at radius 2 is 2.06 bits per heavy atom. The molecule has 3 aromatic rings. The van der Waals surface area contributed by atoms with Crippen LogP contribution in [-0.4, -0.2) is 48.6 Å². The molecule has 0 amide bonds. The summed E-state index contributed by atoms with van der Waals surface area (Å²) in [6.45, 7) is 4.24. The monoisotopic (exact) mass is 551 g/mol. The first-order chi connectivity index (χ1) is 15.1. The number of nitrogens with zero attached hydrogens (tertiary/aromatic N) is 7. The number of aliphatic imine (C=N–C) groups is 1. The molecular weight excluding hydrogens is 521 g/mol. The van der Waals surface area contributed by atoms with Gasteiger partial charge in [-0.05, 0) is 18.9 Å². The Morgan fingerprint density at radius 1 is 1.25 bits per heavy atom. The van der Waals surface area contributed by atoms with Gasteiger partial charge in [0.25, 0.3) is 0 Å². The van der Waals surface area contributed by atoms with Crippen LogP contribution in [0.2, 0.25) is 0 Å². The number of methoxy groups -OCH3 is 1.